The van der Waals surface area contributed by atoms with Crippen molar-refractivity contribution in [1.29, 1.82) is 0 Å². The minimum atomic E-state index is -1.00. The van der Waals surface area contributed by atoms with Crippen LogP contribution in [-0.2, 0) is 32.1 Å². The van der Waals surface area contributed by atoms with Crippen LogP contribution >= 0.6 is 0 Å². The van der Waals surface area contributed by atoms with E-state index >= 15 is 0 Å². The Morgan fingerprint density at radius 1 is 0.976 bits per heavy atom. The van der Waals surface area contributed by atoms with Gasteiger partial charge in [0.05, 0.1) is 20.8 Å². The number of para-hydroxylation sites is 1. The molecular weight excluding hydrogens is 528 g/mol. The third-order valence-corrected chi connectivity index (χ3v) is 8.74. The van der Waals surface area contributed by atoms with Gasteiger partial charge in [0.15, 0.2) is 0 Å². The first-order valence-corrected chi connectivity index (χ1v) is 14.6. The van der Waals surface area contributed by atoms with Gasteiger partial charge in [-0.2, -0.15) is 0 Å². The zero-order valence-electron chi connectivity index (χ0n) is 24.9. The van der Waals surface area contributed by atoms with Gasteiger partial charge in [0.25, 0.3) is 0 Å². The molecule has 0 unspecified atom stereocenters. The van der Waals surface area contributed by atoms with Gasteiger partial charge in [-0.25, -0.2) is 0 Å². The lowest BCUT2D eigenvalue weighted by molar-refractivity contribution is -0.162. The van der Waals surface area contributed by atoms with Crippen molar-refractivity contribution in [1.82, 2.24) is 10.2 Å². The third-order valence-electron chi connectivity index (χ3n) is 8.74. The number of hydrogen-bond acceptors (Lipinski definition) is 5. The van der Waals surface area contributed by atoms with Gasteiger partial charge >= 0.3 is 5.97 Å². The average Bonchev–Trinajstić information content (AvgIpc) is 2.98. The standard InChI is InChI=1S/C35H40N2O5/c1-34(2)18-16-30-35(23-34,33(40)42-4)21-27(20-31(38)36-19-17-25-11-6-8-15-29(25)41-3)32(39)37(30)22-26-13-9-12-24-10-5-7-14-28(24)26/h5-16,27H,17-23H2,1-4H3,(H,36,38)/t27-,35-/m1/s1. The summed E-state index contributed by atoms with van der Waals surface area (Å²) >= 11 is 0. The number of hydrogen-bond donors (Lipinski definition) is 1. The molecule has 2 amide bonds. The Hall–Kier alpha value is -4.13. The minimum Gasteiger partial charge on any atom is -0.496 e. The number of carbonyl (C=O) groups excluding carboxylic acids is 3. The fourth-order valence-electron chi connectivity index (χ4n) is 6.86. The molecule has 0 spiro atoms. The topological polar surface area (TPSA) is 84.9 Å². The molecular formula is C35H40N2O5. The summed E-state index contributed by atoms with van der Waals surface area (Å²) in [6, 6.07) is 21.9. The second-order valence-corrected chi connectivity index (χ2v) is 12.3. The van der Waals surface area contributed by atoms with Gasteiger partial charge in [-0.05, 0) is 59.1 Å². The molecule has 7 heteroatoms. The molecule has 0 saturated carbocycles. The molecule has 1 saturated heterocycles. The Morgan fingerprint density at radius 2 is 1.69 bits per heavy atom. The molecule has 2 aliphatic rings. The van der Waals surface area contributed by atoms with Crippen molar-refractivity contribution in [3.05, 3.63) is 89.6 Å². The van der Waals surface area contributed by atoms with Crippen LogP contribution in [0.4, 0.5) is 0 Å². The van der Waals surface area contributed by atoms with Gasteiger partial charge in [0.2, 0.25) is 11.8 Å². The number of nitrogens with zero attached hydrogens (tertiary/aromatic N) is 1. The van der Waals surface area contributed by atoms with Gasteiger partial charge in [-0.3, -0.25) is 14.4 Å². The molecule has 1 aliphatic carbocycles. The Morgan fingerprint density at radius 3 is 2.48 bits per heavy atom. The van der Waals surface area contributed by atoms with Crippen molar-refractivity contribution < 1.29 is 23.9 Å². The van der Waals surface area contributed by atoms with E-state index in [1.807, 2.05) is 54.6 Å². The van der Waals surface area contributed by atoms with Crippen molar-refractivity contribution >= 4 is 28.6 Å². The van der Waals surface area contributed by atoms with Gasteiger partial charge in [-0.1, -0.05) is 80.6 Å². The quantitative estimate of drug-likeness (QED) is 0.330. The third kappa shape index (κ3) is 5.78. The maximum atomic E-state index is 14.2. The van der Waals surface area contributed by atoms with Crippen LogP contribution in [0.2, 0.25) is 0 Å². The number of nitrogens with one attached hydrogen (secondary N) is 1. The summed E-state index contributed by atoms with van der Waals surface area (Å²) in [5.74, 6) is -0.573. The van der Waals surface area contributed by atoms with Crippen molar-refractivity contribution in [3.63, 3.8) is 0 Å². The van der Waals surface area contributed by atoms with Crippen molar-refractivity contribution in [2.24, 2.45) is 16.7 Å². The van der Waals surface area contributed by atoms with Gasteiger partial charge < -0.3 is 19.7 Å². The Kier molecular flexibility index (Phi) is 8.39. The average molecular weight is 569 g/mol. The normalized spacial score (nSPS) is 21.3. The lowest BCUT2D eigenvalue weighted by atomic mass is 9.59. The van der Waals surface area contributed by atoms with Crippen LogP contribution < -0.4 is 10.1 Å². The van der Waals surface area contributed by atoms with Crippen molar-refractivity contribution in [3.8, 4) is 5.75 Å². The summed E-state index contributed by atoms with van der Waals surface area (Å²) in [5, 5.41) is 5.13. The van der Waals surface area contributed by atoms with E-state index in [-0.39, 0.29) is 36.0 Å². The van der Waals surface area contributed by atoms with E-state index in [0.29, 0.717) is 31.6 Å². The van der Waals surface area contributed by atoms with Crippen molar-refractivity contribution in [2.45, 2.75) is 52.5 Å². The van der Waals surface area contributed by atoms with Gasteiger partial charge in [0, 0.05) is 24.6 Å². The predicted octanol–water partition coefficient (Wildman–Crippen LogP) is 5.81. The Balaban J connectivity index is 1.43. The van der Waals surface area contributed by atoms with E-state index < -0.39 is 11.3 Å². The van der Waals surface area contributed by atoms with Crippen LogP contribution in [0, 0.1) is 16.7 Å². The zero-order valence-corrected chi connectivity index (χ0v) is 24.9. The van der Waals surface area contributed by atoms with Crippen LogP contribution in [0.25, 0.3) is 10.8 Å². The first-order chi connectivity index (χ1) is 20.2. The lowest BCUT2D eigenvalue weighted by Crippen LogP contribution is -2.55. The van der Waals surface area contributed by atoms with E-state index in [2.05, 4.69) is 37.4 Å². The van der Waals surface area contributed by atoms with E-state index in [0.717, 1.165) is 34.1 Å². The Labute approximate surface area is 247 Å². The van der Waals surface area contributed by atoms with Crippen molar-refractivity contribution in [2.75, 3.05) is 20.8 Å². The second-order valence-electron chi connectivity index (χ2n) is 12.3. The smallest absolute Gasteiger partial charge is 0.317 e. The number of esters is 1. The largest absolute Gasteiger partial charge is 0.496 e. The molecule has 0 aromatic heterocycles. The fraction of sp³-hybridized carbons (Fsp3) is 0.400. The predicted molar refractivity (Wildman–Crippen MR) is 162 cm³/mol. The second kappa shape index (κ2) is 12.0. The number of piperidine rings is 1. The van der Waals surface area contributed by atoms with Crippen LogP contribution in [0.3, 0.4) is 0 Å². The first kappa shape index (κ1) is 29.4. The molecule has 3 aromatic rings. The highest BCUT2D eigenvalue weighted by Crippen LogP contribution is 2.55. The molecule has 1 aliphatic heterocycles. The van der Waals surface area contributed by atoms with Crippen LogP contribution in [-0.4, -0.2) is 43.4 Å². The summed E-state index contributed by atoms with van der Waals surface area (Å²) in [4.78, 5) is 42.8. The number of amides is 2. The lowest BCUT2D eigenvalue weighted by Gasteiger charge is -2.51. The van der Waals surface area contributed by atoms with Crippen LogP contribution in [0.15, 0.2) is 78.5 Å². The zero-order chi connectivity index (χ0) is 29.9. The fourth-order valence-corrected chi connectivity index (χ4v) is 6.86. The molecule has 3 aromatic carbocycles. The number of methoxy groups -OCH3 is 2. The summed E-state index contributed by atoms with van der Waals surface area (Å²) in [5.41, 5.74) is 1.54. The number of benzene rings is 3. The van der Waals surface area contributed by atoms with E-state index in [1.165, 1.54) is 7.11 Å². The molecule has 1 heterocycles. The van der Waals surface area contributed by atoms with Gasteiger partial charge in [0.1, 0.15) is 11.2 Å². The highest BCUT2D eigenvalue weighted by Gasteiger charge is 2.57. The van der Waals surface area contributed by atoms with Crippen LogP contribution in [0.1, 0.15) is 50.7 Å². The highest BCUT2D eigenvalue weighted by molar-refractivity contribution is 5.93. The number of likely N-dealkylation sites (tertiary alicyclic amines) is 1. The summed E-state index contributed by atoms with van der Waals surface area (Å²) in [6.07, 6.45) is 4.20. The van der Waals surface area contributed by atoms with Crippen LogP contribution in [0.5, 0.6) is 5.75 Å². The number of allylic oxidation sites excluding steroid dienone is 1. The molecule has 42 heavy (non-hydrogen) atoms. The molecule has 220 valence electrons. The van der Waals surface area contributed by atoms with E-state index in [4.69, 9.17) is 9.47 Å². The summed E-state index contributed by atoms with van der Waals surface area (Å²) < 4.78 is 10.8. The molecule has 0 radical (unpaired) electrons. The molecule has 5 rings (SSSR count). The van der Waals surface area contributed by atoms with E-state index in [9.17, 15) is 14.4 Å². The first-order valence-electron chi connectivity index (χ1n) is 14.6. The SMILES string of the molecule is COC(=O)[C@@]12C[C@@H](CC(=O)NCCc3ccccc3OC)C(=O)N(Cc3cccc4ccccc34)C1=CCC(C)(C)C2. The number of rotatable bonds is 9. The maximum absolute atomic E-state index is 14.2. The monoisotopic (exact) mass is 568 g/mol. The molecule has 1 N–H and O–H groups in total. The number of carbonyl (C=O) groups is 3. The molecule has 1 fully saturated rings. The van der Waals surface area contributed by atoms with E-state index in [1.54, 1.807) is 12.0 Å². The molecule has 2 atom stereocenters. The molecule has 7 nitrogen and oxygen atoms in total. The van der Waals surface area contributed by atoms with Gasteiger partial charge in [-0.15, -0.1) is 0 Å². The number of fused-ring (bicyclic) bond motifs is 2. The maximum Gasteiger partial charge on any atom is 0.317 e. The Bertz CT molecular complexity index is 1520. The minimum absolute atomic E-state index is 0.00322. The summed E-state index contributed by atoms with van der Waals surface area (Å²) in [6.45, 7) is 5.00. The summed E-state index contributed by atoms with van der Waals surface area (Å²) in [7, 11) is 3.03. The molecule has 0 bridgehead atoms. The number of ether oxygens (including phenoxy) is 2. The highest BCUT2D eigenvalue weighted by atomic mass is 16.5.